The van der Waals surface area contributed by atoms with Crippen LogP contribution in [0, 0.1) is 0 Å². The zero-order valence-electron chi connectivity index (χ0n) is 11.5. The Kier molecular flexibility index (Phi) is 3.07. The quantitative estimate of drug-likeness (QED) is 0.796. The van der Waals surface area contributed by atoms with Crippen LogP contribution in [0.2, 0.25) is 0 Å². The molecular formula is C13H14N4O3S. The van der Waals surface area contributed by atoms with Gasteiger partial charge in [0.15, 0.2) is 5.76 Å². The van der Waals surface area contributed by atoms with Crippen LogP contribution in [-0.4, -0.2) is 23.2 Å². The molecule has 0 atom stereocenters. The van der Waals surface area contributed by atoms with Crippen LogP contribution in [0.5, 0.6) is 0 Å². The number of hydrogen-bond acceptors (Lipinski definition) is 5. The van der Waals surface area contributed by atoms with Gasteiger partial charge in [-0.1, -0.05) is 18.2 Å². The van der Waals surface area contributed by atoms with Gasteiger partial charge >= 0.3 is 0 Å². The van der Waals surface area contributed by atoms with E-state index in [-0.39, 0.29) is 11.2 Å². The molecule has 0 spiro atoms. The first kappa shape index (κ1) is 13.8. The van der Waals surface area contributed by atoms with Crippen LogP contribution < -0.4 is 5.14 Å². The Balaban J connectivity index is 2.25. The minimum atomic E-state index is -3.95. The van der Waals surface area contributed by atoms with Gasteiger partial charge in [0.05, 0.1) is 0 Å². The van der Waals surface area contributed by atoms with Gasteiger partial charge in [-0.05, 0) is 26.0 Å². The van der Waals surface area contributed by atoms with Crippen molar-refractivity contribution in [2.24, 2.45) is 5.14 Å². The maximum Gasteiger partial charge on any atom is 0.273 e. The molecule has 21 heavy (non-hydrogen) atoms. The number of furan rings is 1. The Hall–Kier alpha value is -2.19. The fourth-order valence-electron chi connectivity index (χ4n) is 2.20. The van der Waals surface area contributed by atoms with Crippen molar-refractivity contribution in [1.29, 1.82) is 0 Å². The molecule has 7 nitrogen and oxygen atoms in total. The Bertz CT molecular complexity index is 876. The highest BCUT2D eigenvalue weighted by atomic mass is 32.2. The average molecular weight is 306 g/mol. The van der Waals surface area contributed by atoms with E-state index in [0.717, 1.165) is 5.39 Å². The molecule has 3 aromatic rings. The van der Waals surface area contributed by atoms with Crippen LogP contribution in [0.4, 0.5) is 0 Å². The summed E-state index contributed by atoms with van der Waals surface area (Å²) in [5.41, 5.74) is 0.697. The van der Waals surface area contributed by atoms with E-state index in [2.05, 4.69) is 10.2 Å². The molecule has 0 aliphatic carbocycles. The molecule has 0 unspecified atom stereocenters. The largest absolute Gasteiger partial charge is 0.453 e. The minimum absolute atomic E-state index is 0.184. The monoisotopic (exact) mass is 306 g/mol. The van der Waals surface area contributed by atoms with Crippen LogP contribution in [0.3, 0.4) is 0 Å². The molecule has 110 valence electrons. The van der Waals surface area contributed by atoms with Crippen molar-refractivity contribution in [2.75, 3.05) is 0 Å². The van der Waals surface area contributed by atoms with Crippen molar-refractivity contribution in [1.82, 2.24) is 14.8 Å². The number of fused-ring (bicyclic) bond motifs is 1. The Labute approximate surface area is 121 Å². The maximum atomic E-state index is 11.6. The van der Waals surface area contributed by atoms with Gasteiger partial charge in [-0.25, -0.2) is 13.6 Å². The highest BCUT2D eigenvalue weighted by Gasteiger charge is 2.25. The summed E-state index contributed by atoms with van der Waals surface area (Å²) < 4.78 is 30.4. The molecule has 0 aliphatic heterocycles. The summed E-state index contributed by atoms with van der Waals surface area (Å²) >= 11 is 0. The fourth-order valence-corrected chi connectivity index (χ4v) is 2.92. The number of primary sulfonamides is 1. The predicted octanol–water partition coefficient (Wildman–Crippen LogP) is 1.92. The molecule has 2 N–H and O–H groups in total. The van der Waals surface area contributed by atoms with Crippen LogP contribution in [0.25, 0.3) is 22.6 Å². The van der Waals surface area contributed by atoms with Crippen molar-refractivity contribution in [3.63, 3.8) is 0 Å². The molecule has 0 fully saturated rings. The van der Waals surface area contributed by atoms with E-state index in [1.165, 1.54) is 4.57 Å². The van der Waals surface area contributed by atoms with Crippen molar-refractivity contribution in [3.05, 3.63) is 30.3 Å². The van der Waals surface area contributed by atoms with Gasteiger partial charge in [-0.3, -0.25) is 4.57 Å². The molecule has 8 heteroatoms. The summed E-state index contributed by atoms with van der Waals surface area (Å²) in [6, 6.07) is 9.10. The summed E-state index contributed by atoms with van der Waals surface area (Å²) in [5.74, 6) is 0.789. The number of sulfonamides is 1. The van der Waals surface area contributed by atoms with Crippen LogP contribution in [0.1, 0.15) is 19.9 Å². The number of nitrogens with two attached hydrogens (primary N) is 1. The lowest BCUT2D eigenvalue weighted by Crippen LogP contribution is -2.20. The van der Waals surface area contributed by atoms with E-state index in [9.17, 15) is 8.42 Å². The van der Waals surface area contributed by atoms with E-state index in [1.54, 1.807) is 6.07 Å². The Morgan fingerprint density at radius 2 is 1.95 bits per heavy atom. The smallest absolute Gasteiger partial charge is 0.273 e. The zero-order valence-corrected chi connectivity index (χ0v) is 12.3. The van der Waals surface area contributed by atoms with E-state index >= 15 is 0 Å². The molecule has 2 aromatic heterocycles. The topological polar surface area (TPSA) is 104 Å². The van der Waals surface area contributed by atoms with E-state index in [4.69, 9.17) is 9.56 Å². The summed E-state index contributed by atoms with van der Waals surface area (Å²) in [6.45, 7) is 3.65. The first-order valence-electron chi connectivity index (χ1n) is 6.34. The lowest BCUT2D eigenvalue weighted by atomic mass is 10.2. The molecule has 2 heterocycles. The van der Waals surface area contributed by atoms with Gasteiger partial charge in [0.2, 0.25) is 5.82 Å². The van der Waals surface area contributed by atoms with Crippen LogP contribution >= 0.6 is 0 Å². The van der Waals surface area contributed by atoms with Crippen molar-refractivity contribution in [3.8, 4) is 11.6 Å². The normalized spacial score (nSPS) is 12.4. The average Bonchev–Trinajstić information content (AvgIpc) is 3.01. The number of aromatic nitrogens is 3. The zero-order chi connectivity index (χ0) is 15.2. The summed E-state index contributed by atoms with van der Waals surface area (Å²) in [7, 11) is -3.95. The van der Waals surface area contributed by atoms with E-state index in [1.807, 2.05) is 38.1 Å². The second kappa shape index (κ2) is 4.68. The molecule has 0 amide bonds. The molecule has 0 saturated carbocycles. The third-order valence-corrected chi connectivity index (χ3v) is 3.87. The first-order chi connectivity index (χ1) is 9.88. The highest BCUT2D eigenvalue weighted by molar-refractivity contribution is 7.89. The molecule has 3 rings (SSSR count). The molecule has 0 saturated heterocycles. The predicted molar refractivity (Wildman–Crippen MR) is 77.0 cm³/mol. The van der Waals surface area contributed by atoms with Gasteiger partial charge in [0.1, 0.15) is 5.58 Å². The third kappa shape index (κ3) is 2.32. The summed E-state index contributed by atoms with van der Waals surface area (Å²) in [5, 5.41) is 13.4. The fraction of sp³-hybridized carbons (Fsp3) is 0.231. The second-order valence-electron chi connectivity index (χ2n) is 4.96. The number of para-hydroxylation sites is 1. The van der Waals surface area contributed by atoms with Crippen molar-refractivity contribution < 1.29 is 12.8 Å². The summed E-state index contributed by atoms with van der Waals surface area (Å²) in [6.07, 6.45) is 0. The van der Waals surface area contributed by atoms with E-state index in [0.29, 0.717) is 17.2 Å². The highest BCUT2D eigenvalue weighted by Crippen LogP contribution is 2.29. The number of rotatable bonds is 3. The van der Waals surface area contributed by atoms with Gasteiger partial charge in [0.25, 0.3) is 15.2 Å². The SMILES string of the molecule is CC(C)n1c(-c2cc3ccccc3o2)nnc1S(N)(=O)=O. The Morgan fingerprint density at radius 1 is 1.24 bits per heavy atom. The van der Waals surface area contributed by atoms with Gasteiger partial charge in [-0.15, -0.1) is 10.2 Å². The molecule has 0 bridgehead atoms. The van der Waals surface area contributed by atoms with Gasteiger partial charge in [-0.2, -0.15) is 0 Å². The molecule has 0 aliphatic rings. The van der Waals surface area contributed by atoms with Gasteiger partial charge in [0, 0.05) is 11.4 Å². The van der Waals surface area contributed by atoms with Crippen LogP contribution in [-0.2, 0) is 10.0 Å². The van der Waals surface area contributed by atoms with Crippen LogP contribution in [0.15, 0.2) is 39.9 Å². The van der Waals surface area contributed by atoms with Crippen molar-refractivity contribution in [2.45, 2.75) is 25.0 Å². The standard InChI is InChI=1S/C13H14N4O3S/c1-8(2)17-12(15-16-13(17)21(14,18)19)11-7-9-5-3-4-6-10(9)20-11/h3-8H,1-2H3,(H2,14,18,19). The first-order valence-corrected chi connectivity index (χ1v) is 7.89. The second-order valence-corrected chi connectivity index (χ2v) is 6.42. The lowest BCUT2D eigenvalue weighted by molar-refractivity contribution is 0.517. The molecule has 0 radical (unpaired) electrons. The maximum absolute atomic E-state index is 11.6. The Morgan fingerprint density at radius 3 is 2.57 bits per heavy atom. The summed E-state index contributed by atoms with van der Waals surface area (Å²) in [4.78, 5) is 0. The van der Waals surface area contributed by atoms with Gasteiger partial charge < -0.3 is 4.42 Å². The van der Waals surface area contributed by atoms with Crippen molar-refractivity contribution >= 4 is 21.0 Å². The van der Waals surface area contributed by atoms with E-state index < -0.39 is 10.0 Å². The molecular weight excluding hydrogens is 292 g/mol. The number of benzene rings is 1. The molecule has 1 aromatic carbocycles. The minimum Gasteiger partial charge on any atom is -0.453 e. The lowest BCUT2D eigenvalue weighted by Gasteiger charge is -2.11. The third-order valence-electron chi connectivity index (χ3n) is 3.08. The number of hydrogen-bond donors (Lipinski definition) is 1. The number of nitrogens with zero attached hydrogens (tertiary/aromatic N) is 3.